The molecule has 1 aromatic heterocycles. The van der Waals surface area contributed by atoms with E-state index in [9.17, 15) is 13.2 Å². The second kappa shape index (κ2) is 4.73. The highest BCUT2D eigenvalue weighted by atomic mass is 32.2. The number of aromatic nitrogens is 1. The molecule has 0 spiro atoms. The Morgan fingerprint density at radius 2 is 2.06 bits per heavy atom. The monoisotopic (exact) mass is 290 g/mol. The van der Waals surface area contributed by atoms with Crippen LogP contribution in [-0.2, 0) is 9.84 Å². The van der Waals surface area contributed by atoms with Gasteiger partial charge in [0.25, 0.3) is 5.91 Å². The average Bonchev–Trinajstić information content (AvgIpc) is 2.70. The van der Waals surface area contributed by atoms with Gasteiger partial charge in [-0.1, -0.05) is 0 Å². The highest BCUT2D eigenvalue weighted by molar-refractivity contribution is 7.91. The van der Waals surface area contributed by atoms with Gasteiger partial charge in [0.2, 0.25) is 0 Å². The maximum atomic E-state index is 11.7. The highest BCUT2D eigenvalue weighted by Gasteiger charge is 2.27. The lowest BCUT2D eigenvalue weighted by molar-refractivity contribution is 0.0964. The molecule has 3 N–H and O–H groups in total. The van der Waals surface area contributed by atoms with Crippen molar-refractivity contribution in [1.29, 1.82) is 0 Å². The topological polar surface area (TPSA) is 105 Å². The number of carbonyl (C=O) groups excluding carboxylic acids is 1. The van der Waals surface area contributed by atoms with Crippen LogP contribution < -0.4 is 16.0 Å². The van der Waals surface area contributed by atoms with Gasteiger partial charge in [0.05, 0.1) is 11.5 Å². The van der Waals surface area contributed by atoms with Crippen LogP contribution in [0.4, 0.5) is 10.8 Å². The smallest absolute Gasteiger partial charge is 0.257 e. The molecule has 100 valence electrons. The number of nitrogens with zero attached hydrogens (tertiary/aromatic N) is 2. The zero-order valence-corrected chi connectivity index (χ0v) is 11.5. The Hall–Kier alpha value is -1.35. The van der Waals surface area contributed by atoms with Gasteiger partial charge in [-0.25, -0.2) is 8.42 Å². The number of rotatable bonds is 2. The number of nitrogen functional groups attached to an aromatic ring is 1. The average molecular weight is 290 g/mol. The zero-order chi connectivity index (χ0) is 13.3. The Labute approximate surface area is 109 Å². The molecule has 1 fully saturated rings. The number of amides is 1. The summed E-state index contributed by atoms with van der Waals surface area (Å²) in [6, 6.07) is 0. The number of sulfone groups is 1. The first-order chi connectivity index (χ1) is 8.44. The van der Waals surface area contributed by atoms with Crippen molar-refractivity contribution in [3.8, 4) is 0 Å². The van der Waals surface area contributed by atoms with Crippen molar-refractivity contribution >= 4 is 38.1 Å². The molecule has 7 nitrogen and oxygen atoms in total. The largest absolute Gasteiger partial charge is 0.382 e. The zero-order valence-electron chi connectivity index (χ0n) is 9.84. The molecule has 0 aromatic carbocycles. The summed E-state index contributed by atoms with van der Waals surface area (Å²) in [5.74, 6) is 0.0724. The van der Waals surface area contributed by atoms with Crippen molar-refractivity contribution in [3.05, 3.63) is 5.56 Å². The number of hydrogen-bond donors (Lipinski definition) is 2. The predicted octanol–water partition coefficient (Wildman–Crippen LogP) is -0.680. The third kappa shape index (κ3) is 2.41. The normalized spacial score (nSPS) is 18.6. The molecule has 1 aliphatic rings. The van der Waals surface area contributed by atoms with E-state index in [4.69, 9.17) is 5.73 Å². The molecule has 0 saturated carbocycles. The molecule has 0 radical (unpaired) electrons. The van der Waals surface area contributed by atoms with Gasteiger partial charge in [0.1, 0.15) is 10.6 Å². The molecule has 1 aromatic rings. The third-order valence-corrected chi connectivity index (χ3v) is 5.32. The maximum absolute atomic E-state index is 11.7. The van der Waals surface area contributed by atoms with Crippen molar-refractivity contribution < 1.29 is 13.2 Å². The minimum absolute atomic E-state index is 0.0952. The van der Waals surface area contributed by atoms with Crippen LogP contribution in [0.15, 0.2) is 0 Å². The van der Waals surface area contributed by atoms with Gasteiger partial charge in [-0.15, -0.1) is 0 Å². The Kier molecular flexibility index (Phi) is 3.44. The van der Waals surface area contributed by atoms with Crippen LogP contribution in [0.1, 0.15) is 10.4 Å². The minimum atomic E-state index is -2.94. The number of hydrogen-bond acceptors (Lipinski definition) is 7. The van der Waals surface area contributed by atoms with Crippen molar-refractivity contribution in [2.75, 3.05) is 42.3 Å². The van der Waals surface area contributed by atoms with Gasteiger partial charge >= 0.3 is 0 Å². The Morgan fingerprint density at radius 3 is 2.61 bits per heavy atom. The molecule has 2 rings (SSSR count). The van der Waals surface area contributed by atoms with Crippen molar-refractivity contribution in [1.82, 2.24) is 9.69 Å². The fourth-order valence-electron chi connectivity index (χ4n) is 1.76. The molecule has 1 saturated heterocycles. The van der Waals surface area contributed by atoms with Gasteiger partial charge in [0, 0.05) is 20.1 Å². The Balaban J connectivity index is 2.27. The molecule has 18 heavy (non-hydrogen) atoms. The summed E-state index contributed by atoms with van der Waals surface area (Å²) >= 11 is 1.12. The van der Waals surface area contributed by atoms with E-state index in [1.54, 1.807) is 0 Å². The predicted molar refractivity (Wildman–Crippen MR) is 70.8 cm³/mol. The molecular formula is C9H14N4O3S2. The van der Waals surface area contributed by atoms with E-state index in [1.807, 2.05) is 4.90 Å². The fourth-order valence-corrected chi connectivity index (χ4v) is 3.83. The lowest BCUT2D eigenvalue weighted by Gasteiger charge is -2.27. The standard InChI is InChI=1S/C9H14N4O3S2/c1-11-8(14)6-7(10)12-17-9(6)13-2-4-18(15,16)5-3-13/h2-5H2,1H3,(H2,10,12)(H,11,14). The van der Waals surface area contributed by atoms with E-state index in [2.05, 4.69) is 9.69 Å². The van der Waals surface area contributed by atoms with Crippen LogP contribution in [0.25, 0.3) is 0 Å². The van der Waals surface area contributed by atoms with E-state index >= 15 is 0 Å². The molecular weight excluding hydrogens is 276 g/mol. The van der Waals surface area contributed by atoms with E-state index in [0.29, 0.717) is 23.7 Å². The van der Waals surface area contributed by atoms with Gasteiger partial charge in [-0.05, 0) is 11.5 Å². The van der Waals surface area contributed by atoms with Crippen LogP contribution in [0.2, 0.25) is 0 Å². The summed E-state index contributed by atoms with van der Waals surface area (Å²) < 4.78 is 26.7. The quantitative estimate of drug-likeness (QED) is 0.747. The number of anilines is 2. The first kappa shape index (κ1) is 13.1. The summed E-state index contributed by atoms with van der Waals surface area (Å²) in [6.07, 6.45) is 0. The molecule has 0 atom stereocenters. The van der Waals surface area contributed by atoms with Crippen LogP contribution in [0, 0.1) is 0 Å². The minimum Gasteiger partial charge on any atom is -0.382 e. The van der Waals surface area contributed by atoms with Crippen LogP contribution >= 0.6 is 11.5 Å². The number of nitrogens with two attached hydrogens (primary N) is 1. The van der Waals surface area contributed by atoms with Gasteiger partial charge in [-0.3, -0.25) is 4.79 Å². The van der Waals surface area contributed by atoms with Gasteiger partial charge < -0.3 is 16.0 Å². The summed E-state index contributed by atoms with van der Waals surface area (Å²) in [5.41, 5.74) is 6.01. The third-order valence-electron chi connectivity index (χ3n) is 2.79. The van der Waals surface area contributed by atoms with Crippen molar-refractivity contribution in [3.63, 3.8) is 0 Å². The van der Waals surface area contributed by atoms with Gasteiger partial charge in [0.15, 0.2) is 15.7 Å². The van der Waals surface area contributed by atoms with E-state index < -0.39 is 9.84 Å². The van der Waals surface area contributed by atoms with Crippen LogP contribution in [0.5, 0.6) is 0 Å². The Bertz CT molecular complexity index is 552. The van der Waals surface area contributed by atoms with E-state index in [1.165, 1.54) is 7.05 Å². The first-order valence-electron chi connectivity index (χ1n) is 5.37. The summed E-state index contributed by atoms with van der Waals surface area (Å²) in [5, 5.41) is 3.15. The lowest BCUT2D eigenvalue weighted by atomic mass is 10.2. The number of nitrogens with one attached hydrogen (secondary N) is 1. The lowest BCUT2D eigenvalue weighted by Crippen LogP contribution is -2.40. The van der Waals surface area contributed by atoms with Crippen LogP contribution in [0.3, 0.4) is 0 Å². The molecule has 2 heterocycles. The van der Waals surface area contributed by atoms with Crippen molar-refractivity contribution in [2.24, 2.45) is 0 Å². The second-order valence-electron chi connectivity index (χ2n) is 3.97. The van der Waals surface area contributed by atoms with Gasteiger partial charge in [-0.2, -0.15) is 4.37 Å². The molecule has 0 bridgehead atoms. The molecule has 1 amide bonds. The Morgan fingerprint density at radius 1 is 1.44 bits per heavy atom. The fraction of sp³-hybridized carbons (Fsp3) is 0.556. The van der Waals surface area contributed by atoms with E-state index in [-0.39, 0.29) is 23.2 Å². The SMILES string of the molecule is CNC(=O)c1c(N)nsc1N1CCS(=O)(=O)CC1. The highest BCUT2D eigenvalue weighted by Crippen LogP contribution is 2.31. The summed E-state index contributed by atoms with van der Waals surface area (Å²) in [6.45, 7) is 0.738. The number of carbonyl (C=O) groups is 1. The summed E-state index contributed by atoms with van der Waals surface area (Å²) in [4.78, 5) is 13.6. The van der Waals surface area contributed by atoms with Crippen LogP contribution in [-0.4, -0.2) is 50.3 Å². The second-order valence-corrected chi connectivity index (χ2v) is 7.02. The van der Waals surface area contributed by atoms with E-state index in [0.717, 1.165) is 11.5 Å². The van der Waals surface area contributed by atoms with Crippen molar-refractivity contribution in [2.45, 2.75) is 0 Å². The molecule has 0 aliphatic carbocycles. The first-order valence-corrected chi connectivity index (χ1v) is 7.96. The summed E-state index contributed by atoms with van der Waals surface area (Å²) in [7, 11) is -1.43. The molecule has 1 aliphatic heterocycles. The maximum Gasteiger partial charge on any atom is 0.257 e. The molecule has 0 unspecified atom stereocenters. The molecule has 9 heteroatoms.